The lowest BCUT2D eigenvalue weighted by Crippen LogP contribution is -2.47. The van der Waals surface area contributed by atoms with Crippen molar-refractivity contribution in [1.29, 1.82) is 0 Å². The van der Waals surface area contributed by atoms with Crippen LogP contribution in [-0.2, 0) is 4.79 Å². The van der Waals surface area contributed by atoms with Gasteiger partial charge in [0.25, 0.3) is 0 Å². The molecule has 17 heavy (non-hydrogen) atoms. The lowest BCUT2D eigenvalue weighted by molar-refractivity contribution is -0.131. The summed E-state index contributed by atoms with van der Waals surface area (Å²) in [6.45, 7) is 5.47. The largest absolute Gasteiger partial charge is 0.396 e. The summed E-state index contributed by atoms with van der Waals surface area (Å²) in [5.74, 6) is 0.205. The Labute approximate surface area is 104 Å². The number of nitrogens with one attached hydrogen (secondary N) is 1. The predicted molar refractivity (Wildman–Crippen MR) is 67.9 cm³/mol. The van der Waals surface area contributed by atoms with E-state index < -0.39 is 0 Å². The second kappa shape index (κ2) is 8.44. The SMILES string of the molecule is CN(CCCCCO)C(=O)CN1CCNCC1. The van der Waals surface area contributed by atoms with Gasteiger partial charge in [-0.25, -0.2) is 0 Å². The van der Waals surface area contributed by atoms with Gasteiger partial charge in [0.05, 0.1) is 6.54 Å². The third-order valence-corrected chi connectivity index (χ3v) is 3.15. The van der Waals surface area contributed by atoms with Crippen molar-refractivity contribution in [2.75, 3.05) is 52.9 Å². The van der Waals surface area contributed by atoms with E-state index in [-0.39, 0.29) is 12.5 Å². The van der Waals surface area contributed by atoms with Crippen LogP contribution in [0.4, 0.5) is 0 Å². The summed E-state index contributed by atoms with van der Waals surface area (Å²) < 4.78 is 0. The molecule has 0 bridgehead atoms. The number of hydrogen-bond donors (Lipinski definition) is 2. The van der Waals surface area contributed by atoms with Crippen LogP contribution < -0.4 is 5.32 Å². The molecule has 5 nitrogen and oxygen atoms in total. The summed E-state index contributed by atoms with van der Waals surface area (Å²) in [5, 5.41) is 11.9. The third-order valence-electron chi connectivity index (χ3n) is 3.15. The Morgan fingerprint density at radius 1 is 1.29 bits per heavy atom. The van der Waals surface area contributed by atoms with Crippen molar-refractivity contribution in [3.05, 3.63) is 0 Å². The normalized spacial score (nSPS) is 17.1. The quantitative estimate of drug-likeness (QED) is 0.593. The second-order valence-electron chi connectivity index (χ2n) is 4.63. The van der Waals surface area contributed by atoms with Crippen molar-refractivity contribution in [3.8, 4) is 0 Å². The highest BCUT2D eigenvalue weighted by Gasteiger charge is 2.15. The standard InChI is InChI=1S/C12H25N3O2/c1-14(7-3-2-4-10-16)12(17)11-15-8-5-13-6-9-15/h13,16H,2-11H2,1H3. The first-order valence-electron chi connectivity index (χ1n) is 6.52. The van der Waals surface area contributed by atoms with E-state index in [1.54, 1.807) is 4.90 Å². The van der Waals surface area contributed by atoms with Crippen molar-refractivity contribution in [1.82, 2.24) is 15.1 Å². The first-order valence-corrected chi connectivity index (χ1v) is 6.52. The van der Waals surface area contributed by atoms with E-state index in [0.717, 1.165) is 52.0 Å². The molecule has 1 heterocycles. The van der Waals surface area contributed by atoms with Gasteiger partial charge in [0.15, 0.2) is 0 Å². The highest BCUT2D eigenvalue weighted by Crippen LogP contribution is 1.99. The number of likely N-dealkylation sites (N-methyl/N-ethyl adjacent to an activating group) is 1. The Hall–Kier alpha value is -0.650. The number of piperazine rings is 1. The number of hydrogen-bond acceptors (Lipinski definition) is 4. The molecule has 0 aliphatic carbocycles. The van der Waals surface area contributed by atoms with Crippen LogP contribution in [0.5, 0.6) is 0 Å². The molecule has 0 unspecified atom stereocenters. The molecule has 1 rings (SSSR count). The van der Waals surface area contributed by atoms with Gasteiger partial charge >= 0.3 is 0 Å². The summed E-state index contributed by atoms with van der Waals surface area (Å²) in [7, 11) is 1.86. The maximum atomic E-state index is 11.9. The van der Waals surface area contributed by atoms with Gasteiger partial charge in [-0.2, -0.15) is 0 Å². The Bertz CT molecular complexity index is 218. The zero-order valence-corrected chi connectivity index (χ0v) is 10.8. The molecule has 0 spiro atoms. The number of nitrogens with zero attached hydrogens (tertiary/aromatic N) is 2. The number of unbranched alkanes of at least 4 members (excludes halogenated alkanes) is 2. The molecule has 100 valence electrons. The molecular weight excluding hydrogens is 218 g/mol. The van der Waals surface area contributed by atoms with Crippen molar-refractivity contribution in [2.45, 2.75) is 19.3 Å². The molecule has 1 saturated heterocycles. The lowest BCUT2D eigenvalue weighted by Gasteiger charge is -2.28. The molecule has 0 radical (unpaired) electrons. The molecule has 1 aliphatic rings. The van der Waals surface area contributed by atoms with E-state index in [4.69, 9.17) is 5.11 Å². The van der Waals surface area contributed by atoms with Gasteiger partial charge in [-0.1, -0.05) is 0 Å². The maximum Gasteiger partial charge on any atom is 0.236 e. The van der Waals surface area contributed by atoms with Gasteiger partial charge in [0, 0.05) is 46.4 Å². The summed E-state index contributed by atoms with van der Waals surface area (Å²) in [6.07, 6.45) is 2.80. The van der Waals surface area contributed by atoms with Crippen molar-refractivity contribution in [3.63, 3.8) is 0 Å². The zero-order valence-electron chi connectivity index (χ0n) is 10.8. The minimum absolute atomic E-state index is 0.205. The fourth-order valence-electron chi connectivity index (χ4n) is 1.94. The van der Waals surface area contributed by atoms with Crippen LogP contribution in [0.25, 0.3) is 0 Å². The number of aliphatic hydroxyl groups is 1. The number of carbonyl (C=O) groups excluding carboxylic acids is 1. The summed E-state index contributed by atoms with van der Waals surface area (Å²) in [5.41, 5.74) is 0. The van der Waals surface area contributed by atoms with E-state index in [2.05, 4.69) is 10.2 Å². The van der Waals surface area contributed by atoms with Gasteiger partial charge in [0.2, 0.25) is 5.91 Å². The zero-order chi connectivity index (χ0) is 12.5. The fraction of sp³-hybridized carbons (Fsp3) is 0.917. The second-order valence-corrected chi connectivity index (χ2v) is 4.63. The average Bonchev–Trinajstić information content (AvgIpc) is 2.35. The van der Waals surface area contributed by atoms with Gasteiger partial charge in [-0.05, 0) is 19.3 Å². The summed E-state index contributed by atoms with van der Waals surface area (Å²) in [4.78, 5) is 15.9. The van der Waals surface area contributed by atoms with Crippen molar-refractivity contribution >= 4 is 5.91 Å². The molecule has 0 aromatic carbocycles. The number of amides is 1. The molecule has 0 aromatic heterocycles. The smallest absolute Gasteiger partial charge is 0.236 e. The third kappa shape index (κ3) is 6.00. The van der Waals surface area contributed by atoms with E-state index in [0.29, 0.717) is 6.54 Å². The Morgan fingerprint density at radius 3 is 2.65 bits per heavy atom. The molecule has 2 N–H and O–H groups in total. The van der Waals surface area contributed by atoms with Crippen molar-refractivity contribution < 1.29 is 9.90 Å². The Balaban J connectivity index is 2.12. The van der Waals surface area contributed by atoms with Crippen LogP contribution in [0.3, 0.4) is 0 Å². The lowest BCUT2D eigenvalue weighted by atomic mass is 10.2. The fourth-order valence-corrected chi connectivity index (χ4v) is 1.94. The monoisotopic (exact) mass is 243 g/mol. The molecule has 1 amide bonds. The highest BCUT2D eigenvalue weighted by atomic mass is 16.2. The molecular formula is C12H25N3O2. The summed E-state index contributed by atoms with van der Waals surface area (Å²) in [6, 6.07) is 0. The average molecular weight is 243 g/mol. The first-order chi connectivity index (χ1) is 8.24. The molecule has 0 atom stereocenters. The van der Waals surface area contributed by atoms with E-state index in [1.807, 2.05) is 7.05 Å². The van der Waals surface area contributed by atoms with Crippen LogP contribution in [-0.4, -0.2) is 73.7 Å². The molecule has 1 aliphatic heterocycles. The maximum absolute atomic E-state index is 11.9. The van der Waals surface area contributed by atoms with Crippen LogP contribution >= 0.6 is 0 Å². The Kier molecular flexibility index (Phi) is 7.16. The highest BCUT2D eigenvalue weighted by molar-refractivity contribution is 5.77. The predicted octanol–water partition coefficient (Wildman–Crippen LogP) is -0.487. The van der Waals surface area contributed by atoms with E-state index in [1.165, 1.54) is 0 Å². The minimum Gasteiger partial charge on any atom is -0.396 e. The van der Waals surface area contributed by atoms with Crippen LogP contribution in [0.2, 0.25) is 0 Å². The molecule has 1 fully saturated rings. The van der Waals surface area contributed by atoms with Crippen LogP contribution in [0.1, 0.15) is 19.3 Å². The molecule has 5 heteroatoms. The van der Waals surface area contributed by atoms with Crippen molar-refractivity contribution in [2.24, 2.45) is 0 Å². The Morgan fingerprint density at radius 2 is 2.00 bits per heavy atom. The molecule has 0 aromatic rings. The van der Waals surface area contributed by atoms with Gasteiger partial charge < -0.3 is 15.3 Å². The van der Waals surface area contributed by atoms with Crippen LogP contribution in [0.15, 0.2) is 0 Å². The number of rotatable bonds is 7. The topological polar surface area (TPSA) is 55.8 Å². The molecule has 0 saturated carbocycles. The number of carbonyl (C=O) groups is 1. The van der Waals surface area contributed by atoms with E-state index >= 15 is 0 Å². The number of aliphatic hydroxyl groups excluding tert-OH is 1. The van der Waals surface area contributed by atoms with Gasteiger partial charge in [-0.15, -0.1) is 0 Å². The van der Waals surface area contributed by atoms with Gasteiger partial charge in [-0.3, -0.25) is 9.69 Å². The van der Waals surface area contributed by atoms with E-state index in [9.17, 15) is 4.79 Å². The summed E-state index contributed by atoms with van der Waals surface area (Å²) >= 11 is 0. The van der Waals surface area contributed by atoms with Gasteiger partial charge in [0.1, 0.15) is 0 Å². The van der Waals surface area contributed by atoms with Crippen LogP contribution in [0, 0.1) is 0 Å². The first kappa shape index (κ1) is 14.4. The minimum atomic E-state index is 0.205.